The van der Waals surface area contributed by atoms with E-state index in [-0.39, 0.29) is 11.7 Å². The van der Waals surface area contributed by atoms with Gasteiger partial charge in [-0.05, 0) is 55.5 Å². The zero-order chi connectivity index (χ0) is 20.4. The molecular formula is C24H26N4O. The molecule has 0 aliphatic heterocycles. The van der Waals surface area contributed by atoms with Gasteiger partial charge >= 0.3 is 0 Å². The zero-order valence-corrected chi connectivity index (χ0v) is 17.1. The molecule has 0 fully saturated rings. The van der Waals surface area contributed by atoms with Crippen molar-refractivity contribution in [1.29, 1.82) is 0 Å². The van der Waals surface area contributed by atoms with E-state index in [1.54, 1.807) is 0 Å². The summed E-state index contributed by atoms with van der Waals surface area (Å²) in [5.74, 6) is 1.47. The highest BCUT2D eigenvalue weighted by atomic mass is 16.1. The molecule has 2 N–H and O–H groups in total. The van der Waals surface area contributed by atoms with E-state index >= 15 is 0 Å². The van der Waals surface area contributed by atoms with E-state index in [4.69, 9.17) is 0 Å². The molecule has 0 spiro atoms. The monoisotopic (exact) mass is 386 g/mol. The van der Waals surface area contributed by atoms with Gasteiger partial charge in [0.1, 0.15) is 5.82 Å². The minimum atomic E-state index is 0.105. The second-order valence-electron chi connectivity index (χ2n) is 7.82. The number of carbonyl (C=O) groups is 1. The quantitative estimate of drug-likeness (QED) is 0.597. The minimum absolute atomic E-state index is 0.105. The average molecular weight is 386 g/mol. The smallest absolute Gasteiger partial charge is 0.229 e. The van der Waals surface area contributed by atoms with Gasteiger partial charge in [0, 0.05) is 17.8 Å². The Hall–Kier alpha value is -3.21. The summed E-state index contributed by atoms with van der Waals surface area (Å²) in [6.45, 7) is 6.27. The first-order valence-corrected chi connectivity index (χ1v) is 10.2. The largest absolute Gasteiger partial charge is 0.339 e. The van der Waals surface area contributed by atoms with E-state index in [1.165, 1.54) is 11.1 Å². The molecule has 4 rings (SSSR count). The number of hydrogen-bond acceptors (Lipinski definition) is 5. The van der Waals surface area contributed by atoms with Gasteiger partial charge in [-0.25, -0.2) is 4.98 Å². The van der Waals surface area contributed by atoms with Crippen LogP contribution in [0.4, 0.5) is 23.1 Å². The van der Waals surface area contributed by atoms with Crippen LogP contribution < -0.4 is 10.6 Å². The van der Waals surface area contributed by atoms with Crippen LogP contribution in [0.15, 0.2) is 48.5 Å². The standard InChI is InChI=1S/C24H26N4O/c1-4-17-7-11-18(12-8-17)25-23-22-20(13-16(3)14-21(22)29)27-24(28-23)26-19-9-5-15(2)6-10-19/h5-12,16H,4,13-14H2,1-3H3,(H2,25,26,27,28). The Labute approximate surface area is 171 Å². The number of nitrogens with one attached hydrogen (secondary N) is 2. The van der Waals surface area contributed by atoms with Gasteiger partial charge in [0.25, 0.3) is 0 Å². The normalized spacial score (nSPS) is 15.7. The molecule has 29 heavy (non-hydrogen) atoms. The molecule has 3 aromatic rings. The molecule has 0 saturated carbocycles. The molecule has 0 bridgehead atoms. The van der Waals surface area contributed by atoms with Crippen LogP contribution in [0, 0.1) is 12.8 Å². The number of Topliss-reactive ketones (excluding diaryl/α,β-unsaturated/α-hetero) is 1. The number of anilines is 4. The molecule has 0 radical (unpaired) electrons. The number of fused-ring (bicyclic) bond motifs is 1. The van der Waals surface area contributed by atoms with Crippen molar-refractivity contribution in [1.82, 2.24) is 9.97 Å². The summed E-state index contributed by atoms with van der Waals surface area (Å²) < 4.78 is 0. The molecular weight excluding hydrogens is 360 g/mol. The number of aryl methyl sites for hydroxylation is 2. The van der Waals surface area contributed by atoms with Crippen molar-refractivity contribution in [2.24, 2.45) is 5.92 Å². The first kappa shape index (κ1) is 19.1. The molecule has 1 aliphatic rings. The van der Waals surface area contributed by atoms with Gasteiger partial charge in [-0.15, -0.1) is 0 Å². The number of benzene rings is 2. The van der Waals surface area contributed by atoms with Crippen molar-refractivity contribution < 1.29 is 4.79 Å². The van der Waals surface area contributed by atoms with Crippen LogP contribution in [0.1, 0.15) is 47.4 Å². The molecule has 1 aromatic heterocycles. The van der Waals surface area contributed by atoms with Gasteiger partial charge in [0.15, 0.2) is 5.78 Å². The Kier molecular flexibility index (Phi) is 5.30. The molecule has 148 valence electrons. The Morgan fingerprint density at radius 3 is 2.28 bits per heavy atom. The van der Waals surface area contributed by atoms with Crippen molar-refractivity contribution in [3.63, 3.8) is 0 Å². The van der Waals surface area contributed by atoms with Crippen LogP contribution in [0.25, 0.3) is 0 Å². The number of nitrogens with zero attached hydrogens (tertiary/aromatic N) is 2. The third kappa shape index (κ3) is 4.29. The highest BCUT2D eigenvalue weighted by Crippen LogP contribution is 2.32. The predicted octanol–water partition coefficient (Wildman–Crippen LogP) is 5.60. The maximum Gasteiger partial charge on any atom is 0.229 e. The van der Waals surface area contributed by atoms with E-state index in [1.807, 2.05) is 36.4 Å². The van der Waals surface area contributed by atoms with Gasteiger partial charge in [-0.1, -0.05) is 43.7 Å². The van der Waals surface area contributed by atoms with E-state index in [9.17, 15) is 4.79 Å². The number of aromatic nitrogens is 2. The second kappa shape index (κ2) is 8.03. The number of ketones is 1. The zero-order valence-electron chi connectivity index (χ0n) is 17.1. The lowest BCUT2D eigenvalue weighted by molar-refractivity contribution is 0.0953. The Morgan fingerprint density at radius 2 is 1.59 bits per heavy atom. The highest BCUT2D eigenvalue weighted by molar-refractivity contribution is 6.03. The van der Waals surface area contributed by atoms with Crippen LogP contribution in [0.2, 0.25) is 0 Å². The average Bonchev–Trinajstić information content (AvgIpc) is 2.69. The maximum absolute atomic E-state index is 12.8. The first-order valence-electron chi connectivity index (χ1n) is 10.2. The predicted molar refractivity (Wildman–Crippen MR) is 117 cm³/mol. The topological polar surface area (TPSA) is 66.9 Å². The van der Waals surface area contributed by atoms with Crippen molar-refractivity contribution in [3.8, 4) is 0 Å². The summed E-state index contributed by atoms with van der Waals surface area (Å²) in [6, 6.07) is 16.3. The summed E-state index contributed by atoms with van der Waals surface area (Å²) in [7, 11) is 0. The Morgan fingerprint density at radius 1 is 0.931 bits per heavy atom. The first-order chi connectivity index (χ1) is 14.0. The molecule has 1 heterocycles. The third-order valence-corrected chi connectivity index (χ3v) is 5.27. The van der Waals surface area contributed by atoms with Crippen molar-refractivity contribution in [2.75, 3.05) is 10.6 Å². The molecule has 5 heteroatoms. The second-order valence-corrected chi connectivity index (χ2v) is 7.82. The van der Waals surface area contributed by atoms with Crippen molar-refractivity contribution in [3.05, 3.63) is 70.9 Å². The van der Waals surface area contributed by atoms with Crippen molar-refractivity contribution >= 4 is 28.9 Å². The van der Waals surface area contributed by atoms with Crippen LogP contribution in [-0.4, -0.2) is 15.8 Å². The van der Waals surface area contributed by atoms with Gasteiger partial charge in [0.2, 0.25) is 5.95 Å². The molecule has 2 aromatic carbocycles. The van der Waals surface area contributed by atoms with Gasteiger partial charge in [-0.2, -0.15) is 4.98 Å². The molecule has 5 nitrogen and oxygen atoms in total. The summed E-state index contributed by atoms with van der Waals surface area (Å²) in [5, 5.41) is 6.63. The Bertz CT molecular complexity index is 1030. The van der Waals surface area contributed by atoms with E-state index < -0.39 is 0 Å². The fourth-order valence-corrected chi connectivity index (χ4v) is 3.64. The molecule has 1 aliphatic carbocycles. The fourth-order valence-electron chi connectivity index (χ4n) is 3.64. The van der Waals surface area contributed by atoms with Crippen molar-refractivity contribution in [2.45, 2.75) is 40.0 Å². The highest BCUT2D eigenvalue weighted by Gasteiger charge is 2.28. The molecule has 0 amide bonds. The summed E-state index contributed by atoms with van der Waals surface area (Å²) in [5.41, 5.74) is 5.73. The fraction of sp³-hybridized carbons (Fsp3) is 0.292. The summed E-state index contributed by atoms with van der Waals surface area (Å²) >= 11 is 0. The molecule has 1 unspecified atom stereocenters. The van der Waals surface area contributed by atoms with E-state index in [2.05, 4.69) is 53.5 Å². The molecule has 1 atom stereocenters. The lowest BCUT2D eigenvalue weighted by atomic mass is 9.87. The number of hydrogen-bond donors (Lipinski definition) is 2. The van der Waals surface area contributed by atoms with Gasteiger partial charge < -0.3 is 10.6 Å². The summed E-state index contributed by atoms with van der Waals surface area (Å²) in [6.07, 6.45) is 2.30. The lowest BCUT2D eigenvalue weighted by Gasteiger charge is -2.23. The van der Waals surface area contributed by atoms with Gasteiger partial charge in [0.05, 0.1) is 11.3 Å². The van der Waals surface area contributed by atoms with Crippen LogP contribution in [0.3, 0.4) is 0 Å². The SMILES string of the molecule is CCc1ccc(Nc2nc(Nc3ccc(C)cc3)nc3c2C(=O)CC(C)C3)cc1. The third-order valence-electron chi connectivity index (χ3n) is 5.27. The van der Waals surface area contributed by atoms with E-state index in [0.29, 0.717) is 23.8 Å². The van der Waals surface area contributed by atoms with Gasteiger partial charge in [-0.3, -0.25) is 4.79 Å². The number of carbonyl (C=O) groups excluding carboxylic acids is 1. The maximum atomic E-state index is 12.8. The molecule has 0 saturated heterocycles. The number of rotatable bonds is 5. The van der Waals surface area contributed by atoms with E-state index in [0.717, 1.165) is 29.9 Å². The van der Waals surface area contributed by atoms with Crippen LogP contribution in [0.5, 0.6) is 0 Å². The van der Waals surface area contributed by atoms with Crippen LogP contribution >= 0.6 is 0 Å². The Balaban J connectivity index is 1.71. The summed E-state index contributed by atoms with van der Waals surface area (Å²) in [4.78, 5) is 22.1. The van der Waals surface area contributed by atoms with Crippen LogP contribution in [-0.2, 0) is 12.8 Å². The minimum Gasteiger partial charge on any atom is -0.339 e. The lowest BCUT2D eigenvalue weighted by Crippen LogP contribution is -2.22.